The molecule has 1 amide bonds. The Morgan fingerprint density at radius 3 is 2.70 bits per heavy atom. The van der Waals surface area contributed by atoms with Crippen molar-refractivity contribution in [2.75, 3.05) is 13.1 Å². The zero-order valence-electron chi connectivity index (χ0n) is 11.4. The molecule has 1 saturated heterocycles. The fraction of sp³-hybridized carbons (Fsp3) is 0.615. The summed E-state index contributed by atoms with van der Waals surface area (Å²) < 4.78 is 28.8. The number of aromatic nitrogens is 1. The van der Waals surface area contributed by atoms with Gasteiger partial charge in [0.1, 0.15) is 5.69 Å². The van der Waals surface area contributed by atoms with E-state index in [-0.39, 0.29) is 18.5 Å². The second kappa shape index (κ2) is 4.89. The fourth-order valence-electron chi connectivity index (χ4n) is 2.54. The first-order valence-electron chi connectivity index (χ1n) is 6.89. The molecule has 2 fully saturated rings. The van der Waals surface area contributed by atoms with Crippen molar-refractivity contribution < 1.29 is 13.2 Å². The highest BCUT2D eigenvalue weighted by molar-refractivity contribution is 7.90. The molecule has 110 valence electrons. The highest BCUT2D eigenvalue weighted by atomic mass is 32.2. The number of carbonyl (C=O) groups excluding carboxylic acids is 1. The summed E-state index contributed by atoms with van der Waals surface area (Å²) in [6.45, 7) is 0.784. The number of hydrogen-bond donors (Lipinski definition) is 1. The molecular weight excluding hydrogens is 278 g/mol. The number of sulfonamides is 1. The van der Waals surface area contributed by atoms with Crippen LogP contribution < -0.4 is 4.72 Å². The van der Waals surface area contributed by atoms with Crippen LogP contribution in [0.1, 0.15) is 29.8 Å². The van der Waals surface area contributed by atoms with Crippen molar-refractivity contribution in [2.24, 2.45) is 7.05 Å². The van der Waals surface area contributed by atoms with Gasteiger partial charge in [0.25, 0.3) is 5.91 Å². The number of carbonyl (C=O) groups is 1. The molecule has 0 aromatic carbocycles. The zero-order valence-corrected chi connectivity index (χ0v) is 12.3. The lowest BCUT2D eigenvalue weighted by molar-refractivity contribution is 0.0784. The molecule has 0 bridgehead atoms. The molecule has 0 radical (unpaired) electrons. The Hall–Kier alpha value is -1.34. The number of hydrogen-bond acceptors (Lipinski definition) is 3. The van der Waals surface area contributed by atoms with Crippen LogP contribution in [-0.2, 0) is 17.1 Å². The summed E-state index contributed by atoms with van der Waals surface area (Å²) in [4.78, 5) is 14.0. The van der Waals surface area contributed by atoms with Gasteiger partial charge in [-0.2, -0.15) is 0 Å². The average molecular weight is 297 g/mol. The molecule has 0 spiro atoms. The molecule has 7 heteroatoms. The number of likely N-dealkylation sites (tertiary alicyclic amines) is 1. The van der Waals surface area contributed by atoms with Crippen LogP contribution in [0.4, 0.5) is 0 Å². The predicted molar refractivity (Wildman–Crippen MR) is 74.8 cm³/mol. The van der Waals surface area contributed by atoms with E-state index < -0.39 is 15.3 Å². The minimum atomic E-state index is -3.29. The maximum absolute atomic E-state index is 12.3. The lowest BCUT2D eigenvalue weighted by Crippen LogP contribution is -2.38. The van der Waals surface area contributed by atoms with Crippen molar-refractivity contribution >= 4 is 15.9 Å². The highest BCUT2D eigenvalue weighted by Gasteiger charge is 2.38. The second-order valence-electron chi connectivity index (χ2n) is 5.60. The molecule has 2 heterocycles. The molecule has 1 aliphatic heterocycles. The van der Waals surface area contributed by atoms with Gasteiger partial charge in [-0.3, -0.25) is 4.79 Å². The molecule has 20 heavy (non-hydrogen) atoms. The topological polar surface area (TPSA) is 71.4 Å². The standard InChI is InChI=1S/C13H19N3O3S/c1-15-7-2-3-12(15)13(17)16-8-6-11(9-16)20(18,19)14-10-4-5-10/h2-3,7,10-11,14H,4-6,8-9H2,1H3/t11-/m0/s1. The number of amides is 1. The molecule has 1 atom stereocenters. The highest BCUT2D eigenvalue weighted by Crippen LogP contribution is 2.24. The average Bonchev–Trinajstić information content (AvgIpc) is 2.92. The van der Waals surface area contributed by atoms with E-state index in [1.54, 1.807) is 15.5 Å². The molecule has 1 aliphatic carbocycles. The van der Waals surface area contributed by atoms with Gasteiger partial charge in [-0.1, -0.05) is 0 Å². The van der Waals surface area contributed by atoms with E-state index in [0.717, 1.165) is 12.8 Å². The van der Waals surface area contributed by atoms with Crippen molar-refractivity contribution in [3.63, 3.8) is 0 Å². The van der Waals surface area contributed by atoms with Gasteiger partial charge in [0.2, 0.25) is 10.0 Å². The van der Waals surface area contributed by atoms with Gasteiger partial charge in [0.05, 0.1) is 5.25 Å². The van der Waals surface area contributed by atoms with Crippen molar-refractivity contribution in [1.82, 2.24) is 14.2 Å². The smallest absolute Gasteiger partial charge is 0.270 e. The first kappa shape index (κ1) is 13.6. The summed E-state index contributed by atoms with van der Waals surface area (Å²) in [6.07, 6.45) is 4.18. The van der Waals surface area contributed by atoms with E-state index in [0.29, 0.717) is 18.7 Å². The first-order chi connectivity index (χ1) is 9.47. The SMILES string of the molecule is Cn1cccc1C(=O)N1CC[C@H](S(=O)(=O)NC2CC2)C1. The Labute approximate surface area is 118 Å². The van der Waals surface area contributed by atoms with Crippen LogP contribution in [-0.4, -0.2) is 48.2 Å². The molecular formula is C13H19N3O3S. The van der Waals surface area contributed by atoms with Crippen LogP contribution in [0.3, 0.4) is 0 Å². The Kier molecular flexibility index (Phi) is 3.33. The largest absolute Gasteiger partial charge is 0.347 e. The molecule has 1 aromatic heterocycles. The fourth-order valence-corrected chi connectivity index (χ4v) is 4.23. The van der Waals surface area contributed by atoms with Crippen LogP contribution in [0, 0.1) is 0 Å². The molecule has 6 nitrogen and oxygen atoms in total. The second-order valence-corrected chi connectivity index (χ2v) is 7.60. The lowest BCUT2D eigenvalue weighted by atomic mass is 10.4. The minimum absolute atomic E-state index is 0.0957. The van der Waals surface area contributed by atoms with E-state index in [2.05, 4.69) is 4.72 Å². The van der Waals surface area contributed by atoms with E-state index in [1.807, 2.05) is 19.3 Å². The van der Waals surface area contributed by atoms with Gasteiger partial charge in [-0.15, -0.1) is 0 Å². The molecule has 1 N–H and O–H groups in total. The minimum Gasteiger partial charge on any atom is -0.347 e. The Morgan fingerprint density at radius 1 is 1.35 bits per heavy atom. The predicted octanol–water partition coefficient (Wildman–Crippen LogP) is 0.321. The summed E-state index contributed by atoms with van der Waals surface area (Å²) in [5, 5.41) is -0.479. The van der Waals surface area contributed by atoms with Gasteiger partial charge in [0, 0.05) is 32.4 Å². The summed E-state index contributed by atoms with van der Waals surface area (Å²) in [6, 6.07) is 3.69. The van der Waals surface area contributed by atoms with Crippen molar-refractivity contribution in [3.8, 4) is 0 Å². The van der Waals surface area contributed by atoms with E-state index in [9.17, 15) is 13.2 Å². The molecule has 1 aromatic rings. The maximum atomic E-state index is 12.3. The third-order valence-electron chi connectivity index (χ3n) is 3.94. The number of nitrogens with one attached hydrogen (secondary N) is 1. The third kappa shape index (κ3) is 2.60. The molecule has 3 rings (SSSR count). The third-order valence-corrected chi connectivity index (χ3v) is 5.87. The van der Waals surface area contributed by atoms with Gasteiger partial charge < -0.3 is 9.47 Å². The van der Waals surface area contributed by atoms with E-state index in [1.165, 1.54) is 0 Å². The van der Waals surface area contributed by atoms with E-state index in [4.69, 9.17) is 0 Å². The summed E-state index contributed by atoms with van der Waals surface area (Å²) >= 11 is 0. The van der Waals surface area contributed by atoms with E-state index >= 15 is 0 Å². The van der Waals surface area contributed by atoms with Crippen LogP contribution in [0.15, 0.2) is 18.3 Å². The summed E-state index contributed by atoms with van der Waals surface area (Å²) in [5.74, 6) is -0.0957. The zero-order chi connectivity index (χ0) is 14.3. The molecule has 2 aliphatic rings. The van der Waals surface area contributed by atoms with Crippen LogP contribution in [0.25, 0.3) is 0 Å². The number of nitrogens with zero attached hydrogens (tertiary/aromatic N) is 2. The summed E-state index contributed by atoms with van der Waals surface area (Å²) in [5.41, 5.74) is 0.596. The van der Waals surface area contributed by atoms with Crippen molar-refractivity contribution in [1.29, 1.82) is 0 Å². The van der Waals surface area contributed by atoms with Crippen LogP contribution >= 0.6 is 0 Å². The van der Waals surface area contributed by atoms with Crippen molar-refractivity contribution in [2.45, 2.75) is 30.6 Å². The van der Waals surface area contributed by atoms with Gasteiger partial charge in [0.15, 0.2) is 0 Å². The Morgan fingerprint density at radius 2 is 2.10 bits per heavy atom. The normalized spacial score (nSPS) is 23.2. The molecule has 1 saturated carbocycles. The number of aryl methyl sites for hydroxylation is 1. The Balaban J connectivity index is 1.67. The summed E-state index contributed by atoms with van der Waals surface area (Å²) in [7, 11) is -1.48. The first-order valence-corrected chi connectivity index (χ1v) is 8.44. The van der Waals surface area contributed by atoms with Gasteiger partial charge in [-0.05, 0) is 31.4 Å². The van der Waals surface area contributed by atoms with Crippen molar-refractivity contribution in [3.05, 3.63) is 24.0 Å². The quantitative estimate of drug-likeness (QED) is 0.870. The molecule has 0 unspecified atom stereocenters. The Bertz CT molecular complexity index is 619. The number of rotatable bonds is 4. The monoisotopic (exact) mass is 297 g/mol. The van der Waals surface area contributed by atoms with Gasteiger partial charge >= 0.3 is 0 Å². The maximum Gasteiger partial charge on any atom is 0.270 e. The van der Waals surface area contributed by atoms with Gasteiger partial charge in [-0.25, -0.2) is 13.1 Å². The van der Waals surface area contributed by atoms with Crippen LogP contribution in [0.2, 0.25) is 0 Å². The van der Waals surface area contributed by atoms with Crippen LogP contribution in [0.5, 0.6) is 0 Å². The lowest BCUT2D eigenvalue weighted by Gasteiger charge is -2.17.